The summed E-state index contributed by atoms with van der Waals surface area (Å²) >= 11 is 0. The Morgan fingerprint density at radius 3 is 0.638 bits per heavy atom. The van der Waals surface area contributed by atoms with Crippen molar-refractivity contribution in [1.29, 1.82) is 0 Å². The molecule has 0 saturated heterocycles. The molecule has 69 heavy (non-hydrogen) atoms. The first-order valence-corrected chi connectivity index (χ1v) is 19.5. The Morgan fingerprint density at radius 1 is 0.290 bits per heavy atom. The van der Waals surface area contributed by atoms with Gasteiger partial charge in [-0.15, -0.1) is 0 Å². The summed E-state index contributed by atoms with van der Waals surface area (Å²) in [5, 5.41) is 24.4. The molecular weight excluding hydrogens is 934 g/mol. The molecule has 0 aliphatic rings. The second-order valence-corrected chi connectivity index (χ2v) is 14.5. The molecule has 0 aromatic heterocycles. The van der Waals surface area contributed by atoms with E-state index in [2.05, 4.69) is 0 Å². The van der Waals surface area contributed by atoms with Crippen molar-refractivity contribution in [3.8, 4) is 0 Å². The van der Waals surface area contributed by atoms with Crippen molar-refractivity contribution in [2.75, 3.05) is 6.54 Å². The van der Waals surface area contributed by atoms with Gasteiger partial charge in [-0.2, -0.15) is 0 Å². The minimum absolute atomic E-state index is 0.719. The highest BCUT2D eigenvalue weighted by Crippen LogP contribution is 2.06. The second kappa shape index (κ2) is 28.8. The number of aliphatic carboxylic acids is 1. The van der Waals surface area contributed by atoms with Gasteiger partial charge >= 0.3 is 5.97 Å². The zero-order valence-corrected chi connectivity index (χ0v) is 36.1. The standard InChI is InChI=1S/C34H53N17O18/c35-10(1-18(36)52)27(62)45-12(3-20(38)54)29(64)47-14(5-22(40)56)31(66)49-16(7-24(42)58)33(68)51-17(8-25(43)59)34(69)50-15(6-23(41)57)32(67)48-13(4-21(39)55)30(65)46-11(2-19(37)53)28(63)44-9-26(60)61/h10-17H,1-9,35H2,(H2,36,52)(H2,37,53)(H2,38,54)(H2,39,55)(H2,40,56)(H2,41,57)(H2,42,58)(H2,43,59)(H,44,63)(H,45,62)(H,46,65)(H,47,64)(H,48,67)(H,49,66)(H,50,69)(H,51,68)(H,60,61)/t10-,11-,12-,13-,14-,15-,16-,17-/m0/s1. The van der Waals surface area contributed by atoms with Crippen LogP contribution in [-0.4, -0.2) is 160 Å². The largest absolute Gasteiger partial charge is 0.480 e. The first-order chi connectivity index (χ1) is 31.8. The molecule has 0 aromatic rings. The zero-order chi connectivity index (χ0) is 53.5. The Bertz CT molecular complexity index is 2080. The molecule has 0 saturated carbocycles. The van der Waals surface area contributed by atoms with E-state index in [-0.39, 0.29) is 0 Å². The van der Waals surface area contributed by atoms with Crippen molar-refractivity contribution in [3.05, 3.63) is 0 Å². The second-order valence-electron chi connectivity index (χ2n) is 14.5. The average Bonchev–Trinajstić information content (AvgIpc) is 3.19. The predicted molar refractivity (Wildman–Crippen MR) is 223 cm³/mol. The molecule has 0 aliphatic heterocycles. The Kier molecular flexibility index (Phi) is 25.0. The average molecular weight is 988 g/mol. The van der Waals surface area contributed by atoms with E-state index in [1.807, 2.05) is 42.5 Å². The highest BCUT2D eigenvalue weighted by Gasteiger charge is 2.37. The molecule has 0 heterocycles. The summed E-state index contributed by atoms with van der Waals surface area (Å²) in [6.07, 6.45) is -8.15. The molecule has 0 aliphatic carbocycles. The van der Waals surface area contributed by atoms with Crippen LogP contribution >= 0.6 is 0 Å². The van der Waals surface area contributed by atoms with E-state index in [1.165, 1.54) is 0 Å². The van der Waals surface area contributed by atoms with Crippen molar-refractivity contribution >= 4 is 100 Å². The molecule has 0 bridgehead atoms. The summed E-state index contributed by atoms with van der Waals surface area (Å²) in [4.78, 5) is 210. The van der Waals surface area contributed by atoms with Crippen LogP contribution in [0.1, 0.15) is 51.4 Å². The molecule has 0 spiro atoms. The summed E-state index contributed by atoms with van der Waals surface area (Å²) in [6.45, 7) is -0.987. The summed E-state index contributed by atoms with van der Waals surface area (Å²) in [5.74, 6) is -22.9. The lowest BCUT2D eigenvalue weighted by Crippen LogP contribution is -2.61. The van der Waals surface area contributed by atoms with Gasteiger partial charge in [-0.3, -0.25) is 81.5 Å². The van der Waals surface area contributed by atoms with Crippen molar-refractivity contribution < 1.29 is 86.6 Å². The molecule has 0 rings (SSSR count). The fraction of sp³-hybridized carbons (Fsp3) is 0.500. The topological polar surface area (TPSA) is 641 Å². The first-order valence-electron chi connectivity index (χ1n) is 19.5. The van der Waals surface area contributed by atoms with Gasteiger partial charge in [0.1, 0.15) is 48.8 Å². The molecule has 8 atom stereocenters. The molecule has 16 amide bonds. The third-order valence-corrected chi connectivity index (χ3v) is 8.44. The van der Waals surface area contributed by atoms with Gasteiger partial charge in [-0.25, -0.2) is 0 Å². The van der Waals surface area contributed by atoms with Crippen LogP contribution in [0.2, 0.25) is 0 Å². The highest BCUT2D eigenvalue weighted by atomic mass is 16.4. The van der Waals surface area contributed by atoms with Gasteiger partial charge in [0.2, 0.25) is 94.5 Å². The van der Waals surface area contributed by atoms with Gasteiger partial charge in [0.25, 0.3) is 0 Å². The van der Waals surface area contributed by atoms with E-state index in [0.717, 1.165) is 0 Å². The van der Waals surface area contributed by atoms with Crippen LogP contribution in [0, 0.1) is 0 Å². The quantitative estimate of drug-likeness (QED) is 0.0290. The van der Waals surface area contributed by atoms with E-state index in [9.17, 15) is 81.5 Å². The van der Waals surface area contributed by atoms with E-state index in [1.54, 1.807) is 0 Å². The molecular formula is C34H53N17O18. The molecule has 35 heteroatoms. The summed E-state index contributed by atoms with van der Waals surface area (Å²) in [6, 6.07) is -16.1. The number of carboxylic acids is 1. The summed E-state index contributed by atoms with van der Waals surface area (Å²) < 4.78 is 0. The maximum atomic E-state index is 13.5. The smallest absolute Gasteiger partial charge is 0.322 e. The number of hydrogen-bond acceptors (Lipinski definition) is 18. The van der Waals surface area contributed by atoms with E-state index < -0.39 is 207 Å². The fourth-order valence-corrected chi connectivity index (χ4v) is 5.38. The van der Waals surface area contributed by atoms with Crippen LogP contribution in [-0.2, 0) is 81.5 Å². The van der Waals surface area contributed by atoms with Crippen LogP contribution < -0.4 is 94.1 Å². The van der Waals surface area contributed by atoms with Crippen LogP contribution in [0.25, 0.3) is 0 Å². The van der Waals surface area contributed by atoms with Crippen molar-refractivity contribution in [2.24, 2.45) is 51.6 Å². The molecule has 0 fully saturated rings. The third kappa shape index (κ3) is 24.7. The van der Waals surface area contributed by atoms with Crippen LogP contribution in [0.3, 0.4) is 0 Å². The van der Waals surface area contributed by atoms with Gasteiger partial charge in [0.15, 0.2) is 0 Å². The maximum Gasteiger partial charge on any atom is 0.322 e. The van der Waals surface area contributed by atoms with Crippen LogP contribution in [0.5, 0.6) is 0 Å². The number of carboxylic acid groups (broad SMARTS) is 1. The fourth-order valence-electron chi connectivity index (χ4n) is 5.38. The lowest BCUT2D eigenvalue weighted by molar-refractivity contribution is -0.139. The van der Waals surface area contributed by atoms with Gasteiger partial charge in [0.05, 0.1) is 57.4 Å². The Labute approximate surface area is 387 Å². The molecule has 0 unspecified atom stereocenters. The van der Waals surface area contributed by atoms with E-state index in [0.29, 0.717) is 0 Å². The van der Waals surface area contributed by atoms with Gasteiger partial charge in [-0.05, 0) is 0 Å². The number of nitrogens with two attached hydrogens (primary N) is 9. The highest BCUT2D eigenvalue weighted by molar-refractivity contribution is 6.02. The number of amides is 16. The number of nitrogens with one attached hydrogen (secondary N) is 8. The maximum absolute atomic E-state index is 13.5. The lowest BCUT2D eigenvalue weighted by atomic mass is 10.1. The first kappa shape index (κ1) is 60.0. The van der Waals surface area contributed by atoms with Crippen LogP contribution in [0.4, 0.5) is 0 Å². The Morgan fingerprint density at radius 2 is 0.464 bits per heavy atom. The Balaban J connectivity index is 6.66. The normalized spacial score (nSPS) is 14.0. The van der Waals surface area contributed by atoms with Crippen LogP contribution in [0.15, 0.2) is 0 Å². The number of hydrogen-bond donors (Lipinski definition) is 18. The van der Waals surface area contributed by atoms with Crippen molar-refractivity contribution in [3.63, 3.8) is 0 Å². The van der Waals surface area contributed by atoms with Crippen molar-refractivity contribution in [2.45, 2.75) is 99.7 Å². The predicted octanol–water partition coefficient (Wildman–Crippen LogP) is -14.1. The van der Waals surface area contributed by atoms with Gasteiger partial charge in [-0.1, -0.05) is 0 Å². The van der Waals surface area contributed by atoms with E-state index in [4.69, 9.17) is 56.7 Å². The number of primary amides is 8. The van der Waals surface area contributed by atoms with Crippen molar-refractivity contribution in [1.82, 2.24) is 42.5 Å². The van der Waals surface area contributed by atoms with Gasteiger partial charge < -0.3 is 99.2 Å². The minimum atomic E-state index is -2.19. The Hall–Kier alpha value is -9.05. The van der Waals surface area contributed by atoms with Gasteiger partial charge in [0, 0.05) is 0 Å². The minimum Gasteiger partial charge on any atom is -0.480 e. The number of carbonyl (C=O) groups excluding carboxylic acids is 16. The molecule has 35 nitrogen and oxygen atoms in total. The lowest BCUT2D eigenvalue weighted by Gasteiger charge is -2.27. The molecule has 0 aromatic carbocycles. The zero-order valence-electron chi connectivity index (χ0n) is 36.1. The summed E-state index contributed by atoms with van der Waals surface area (Å²) in [5.41, 5.74) is 46.9. The molecule has 0 radical (unpaired) electrons. The molecule has 382 valence electrons. The SMILES string of the molecule is NC(=O)C[C@H](NC(=O)[C@H](CC(N)=O)NC(=O)[C@H](CC(N)=O)NC(=O)[C@H](CC(N)=O)NC(=O)[C@H](CC(N)=O)NC(=O)[C@H](CC(N)=O)NC(=O)[C@H](CC(N)=O)NC(=O)[C@@H](N)CC(N)=O)C(=O)NCC(=O)O. The molecule has 27 N–H and O–H groups in total. The van der Waals surface area contributed by atoms with E-state index >= 15 is 0 Å². The monoisotopic (exact) mass is 987 g/mol. The number of carbonyl (C=O) groups is 17. The third-order valence-electron chi connectivity index (χ3n) is 8.44. The summed E-state index contributed by atoms with van der Waals surface area (Å²) in [7, 11) is 0. The number of rotatable bonds is 33.